The third kappa shape index (κ3) is 5.70. The topological polar surface area (TPSA) is 55.4 Å². The molecule has 0 aromatic heterocycles. The predicted octanol–water partition coefficient (Wildman–Crippen LogP) is 4.38. The van der Waals surface area contributed by atoms with E-state index in [2.05, 4.69) is 5.32 Å². The number of rotatable bonds is 4. The molecule has 0 spiro atoms. The van der Waals surface area contributed by atoms with Crippen LogP contribution in [0.15, 0.2) is 18.2 Å². The summed E-state index contributed by atoms with van der Waals surface area (Å²) in [6.45, 7) is -0.307. The highest BCUT2D eigenvalue weighted by Crippen LogP contribution is 2.26. The summed E-state index contributed by atoms with van der Waals surface area (Å²) in [5.74, 6) is -0.924. The van der Waals surface area contributed by atoms with E-state index >= 15 is 0 Å². The Balaban J connectivity index is 1.81. The standard InChI is InChI=1S/C17H21Cl2NO3/c18-14-10-6-9-13(16(14)19)17(22)23-11-15(21)20-12-7-4-2-1-3-5-8-12/h6,9-10,12H,1-5,7-8,11H2,(H,20,21). The van der Waals surface area contributed by atoms with E-state index in [1.807, 2.05) is 0 Å². The third-order valence-electron chi connectivity index (χ3n) is 3.98. The fourth-order valence-corrected chi connectivity index (χ4v) is 3.12. The van der Waals surface area contributed by atoms with Crippen molar-refractivity contribution in [3.05, 3.63) is 33.8 Å². The monoisotopic (exact) mass is 357 g/mol. The molecule has 1 fully saturated rings. The van der Waals surface area contributed by atoms with Crippen LogP contribution in [-0.4, -0.2) is 24.5 Å². The number of carbonyl (C=O) groups excluding carboxylic acids is 2. The van der Waals surface area contributed by atoms with E-state index in [1.165, 1.54) is 25.3 Å². The molecule has 0 heterocycles. The molecule has 126 valence electrons. The predicted molar refractivity (Wildman–Crippen MR) is 91.0 cm³/mol. The van der Waals surface area contributed by atoms with E-state index in [-0.39, 0.29) is 34.2 Å². The van der Waals surface area contributed by atoms with Gasteiger partial charge in [-0.1, -0.05) is 61.4 Å². The fraction of sp³-hybridized carbons (Fsp3) is 0.529. The van der Waals surface area contributed by atoms with Gasteiger partial charge in [-0.3, -0.25) is 4.79 Å². The van der Waals surface area contributed by atoms with Gasteiger partial charge in [-0.15, -0.1) is 0 Å². The van der Waals surface area contributed by atoms with E-state index in [4.69, 9.17) is 27.9 Å². The Kier molecular flexibility index (Phi) is 7.18. The number of amides is 1. The molecule has 1 N–H and O–H groups in total. The molecule has 1 aromatic carbocycles. The Bertz CT molecular complexity index is 555. The minimum absolute atomic E-state index is 0.139. The maximum Gasteiger partial charge on any atom is 0.340 e. The quantitative estimate of drug-likeness (QED) is 0.813. The molecular weight excluding hydrogens is 337 g/mol. The van der Waals surface area contributed by atoms with Crippen molar-refractivity contribution in [3.63, 3.8) is 0 Å². The highest BCUT2D eigenvalue weighted by Gasteiger charge is 2.18. The summed E-state index contributed by atoms with van der Waals surface area (Å²) >= 11 is 11.8. The second-order valence-corrected chi connectivity index (χ2v) is 6.57. The lowest BCUT2D eigenvalue weighted by Gasteiger charge is -2.20. The summed E-state index contributed by atoms with van der Waals surface area (Å²) in [5, 5.41) is 3.36. The lowest BCUT2D eigenvalue weighted by Crippen LogP contribution is -2.38. The first kappa shape index (κ1) is 18.1. The first-order valence-electron chi connectivity index (χ1n) is 7.98. The van der Waals surface area contributed by atoms with Crippen LogP contribution in [0.4, 0.5) is 0 Å². The molecule has 0 radical (unpaired) electrons. The van der Waals surface area contributed by atoms with Crippen LogP contribution in [0.1, 0.15) is 55.3 Å². The van der Waals surface area contributed by atoms with Gasteiger partial charge in [-0.05, 0) is 25.0 Å². The molecule has 0 unspecified atom stereocenters. The van der Waals surface area contributed by atoms with Crippen LogP contribution in [0.2, 0.25) is 10.0 Å². The van der Waals surface area contributed by atoms with Gasteiger partial charge in [-0.25, -0.2) is 4.79 Å². The molecule has 6 heteroatoms. The van der Waals surface area contributed by atoms with Crippen LogP contribution in [0, 0.1) is 0 Å². The van der Waals surface area contributed by atoms with Crippen molar-refractivity contribution < 1.29 is 14.3 Å². The number of carbonyl (C=O) groups is 2. The zero-order chi connectivity index (χ0) is 16.7. The van der Waals surface area contributed by atoms with E-state index in [0.717, 1.165) is 25.7 Å². The normalized spacial score (nSPS) is 16.3. The van der Waals surface area contributed by atoms with Crippen LogP contribution in [-0.2, 0) is 9.53 Å². The molecule has 0 saturated heterocycles. The summed E-state index contributed by atoms with van der Waals surface area (Å²) in [7, 11) is 0. The van der Waals surface area contributed by atoms with Gasteiger partial charge in [0.2, 0.25) is 0 Å². The molecule has 1 aliphatic rings. The van der Waals surface area contributed by atoms with Crippen LogP contribution < -0.4 is 5.32 Å². The van der Waals surface area contributed by atoms with Crippen LogP contribution in [0.5, 0.6) is 0 Å². The van der Waals surface area contributed by atoms with Crippen molar-refractivity contribution in [2.75, 3.05) is 6.61 Å². The van der Waals surface area contributed by atoms with Gasteiger partial charge in [0.15, 0.2) is 6.61 Å². The number of benzene rings is 1. The van der Waals surface area contributed by atoms with Crippen molar-refractivity contribution in [1.29, 1.82) is 0 Å². The molecule has 0 atom stereocenters. The fourth-order valence-electron chi connectivity index (χ4n) is 2.74. The molecule has 1 aromatic rings. The van der Waals surface area contributed by atoms with Gasteiger partial charge >= 0.3 is 5.97 Å². The van der Waals surface area contributed by atoms with Gasteiger partial charge < -0.3 is 10.1 Å². The second kappa shape index (κ2) is 9.14. The Hall–Kier alpha value is -1.26. The molecular formula is C17H21Cl2NO3. The number of halogens is 2. The molecule has 0 aliphatic heterocycles. The molecule has 1 aliphatic carbocycles. The molecule has 23 heavy (non-hydrogen) atoms. The highest BCUT2D eigenvalue weighted by atomic mass is 35.5. The van der Waals surface area contributed by atoms with Crippen molar-refractivity contribution in [2.24, 2.45) is 0 Å². The van der Waals surface area contributed by atoms with E-state index < -0.39 is 5.97 Å². The van der Waals surface area contributed by atoms with Gasteiger partial charge in [0.1, 0.15) is 0 Å². The lowest BCUT2D eigenvalue weighted by atomic mass is 9.97. The van der Waals surface area contributed by atoms with Crippen molar-refractivity contribution >= 4 is 35.1 Å². The van der Waals surface area contributed by atoms with Gasteiger partial charge in [-0.2, -0.15) is 0 Å². The van der Waals surface area contributed by atoms with E-state index in [1.54, 1.807) is 12.1 Å². The highest BCUT2D eigenvalue weighted by molar-refractivity contribution is 6.43. The van der Waals surface area contributed by atoms with Crippen LogP contribution in [0.25, 0.3) is 0 Å². The maximum absolute atomic E-state index is 12.0. The summed E-state index contributed by atoms with van der Waals surface area (Å²) in [5.41, 5.74) is 0.165. The number of nitrogens with one attached hydrogen (secondary N) is 1. The summed E-state index contributed by atoms with van der Waals surface area (Å²) in [6, 6.07) is 4.89. The molecule has 0 bridgehead atoms. The van der Waals surface area contributed by atoms with E-state index in [9.17, 15) is 9.59 Å². The SMILES string of the molecule is O=C(COC(=O)c1cccc(Cl)c1Cl)NC1CCCCCCC1. The summed E-state index contributed by atoms with van der Waals surface area (Å²) in [4.78, 5) is 23.9. The molecule has 1 saturated carbocycles. The summed E-state index contributed by atoms with van der Waals surface area (Å²) in [6.07, 6.45) is 7.94. The van der Waals surface area contributed by atoms with Crippen LogP contribution >= 0.6 is 23.2 Å². The average Bonchev–Trinajstić information content (AvgIpc) is 2.50. The average molecular weight is 358 g/mol. The maximum atomic E-state index is 12.0. The Morgan fingerprint density at radius 3 is 2.43 bits per heavy atom. The Labute approximate surface area is 146 Å². The van der Waals surface area contributed by atoms with E-state index in [0.29, 0.717) is 0 Å². The third-order valence-corrected chi connectivity index (χ3v) is 4.80. The van der Waals surface area contributed by atoms with Gasteiger partial charge in [0, 0.05) is 6.04 Å². The lowest BCUT2D eigenvalue weighted by molar-refractivity contribution is -0.125. The van der Waals surface area contributed by atoms with Crippen molar-refractivity contribution in [1.82, 2.24) is 5.32 Å². The molecule has 4 nitrogen and oxygen atoms in total. The van der Waals surface area contributed by atoms with Crippen molar-refractivity contribution in [3.8, 4) is 0 Å². The Morgan fingerprint density at radius 2 is 1.74 bits per heavy atom. The van der Waals surface area contributed by atoms with Crippen LogP contribution in [0.3, 0.4) is 0 Å². The number of hydrogen-bond acceptors (Lipinski definition) is 3. The molecule has 1 amide bonds. The number of esters is 1. The zero-order valence-corrected chi connectivity index (χ0v) is 14.5. The minimum Gasteiger partial charge on any atom is -0.452 e. The Morgan fingerprint density at radius 1 is 1.09 bits per heavy atom. The summed E-state index contributed by atoms with van der Waals surface area (Å²) < 4.78 is 5.03. The largest absolute Gasteiger partial charge is 0.452 e. The number of hydrogen-bond donors (Lipinski definition) is 1. The van der Waals surface area contributed by atoms with Gasteiger partial charge in [0.25, 0.3) is 5.91 Å². The minimum atomic E-state index is -0.648. The zero-order valence-electron chi connectivity index (χ0n) is 12.9. The first-order valence-corrected chi connectivity index (χ1v) is 8.74. The van der Waals surface area contributed by atoms with Crippen molar-refractivity contribution in [2.45, 2.75) is 51.0 Å². The first-order chi connectivity index (χ1) is 11.1. The second-order valence-electron chi connectivity index (χ2n) is 5.79. The van der Waals surface area contributed by atoms with Gasteiger partial charge in [0.05, 0.1) is 15.6 Å². The number of ether oxygens (including phenoxy) is 1. The molecule has 2 rings (SSSR count). The smallest absolute Gasteiger partial charge is 0.340 e.